The molecule has 0 aliphatic heterocycles. The second-order valence-corrected chi connectivity index (χ2v) is 4.96. The third-order valence-electron chi connectivity index (χ3n) is 2.64. The number of benzene rings is 1. The largest absolute Gasteiger partial charge is 0.493 e. The molecular formula is C14H18N2O2S. The van der Waals surface area contributed by atoms with Gasteiger partial charge in [-0.3, -0.25) is 4.98 Å². The van der Waals surface area contributed by atoms with Crippen molar-refractivity contribution in [3.63, 3.8) is 0 Å². The zero-order valence-corrected chi connectivity index (χ0v) is 12.0. The van der Waals surface area contributed by atoms with E-state index in [2.05, 4.69) is 10.3 Å². The molecule has 1 heterocycles. The van der Waals surface area contributed by atoms with Gasteiger partial charge in [0.2, 0.25) is 0 Å². The van der Waals surface area contributed by atoms with Crippen molar-refractivity contribution in [3.05, 3.63) is 40.3 Å². The van der Waals surface area contributed by atoms with Crippen molar-refractivity contribution in [2.75, 3.05) is 13.7 Å². The first-order valence-corrected chi connectivity index (χ1v) is 7.09. The van der Waals surface area contributed by atoms with Gasteiger partial charge in [-0.2, -0.15) is 0 Å². The molecule has 1 aromatic heterocycles. The molecule has 0 bridgehead atoms. The van der Waals surface area contributed by atoms with Crippen LogP contribution in [-0.2, 0) is 13.1 Å². The molecule has 0 saturated heterocycles. The van der Waals surface area contributed by atoms with Gasteiger partial charge in [-0.15, -0.1) is 11.3 Å². The van der Waals surface area contributed by atoms with Gasteiger partial charge in [-0.05, 0) is 24.6 Å². The first-order valence-electron chi connectivity index (χ1n) is 6.21. The second-order valence-electron chi connectivity index (χ2n) is 3.99. The van der Waals surface area contributed by atoms with E-state index in [4.69, 9.17) is 9.47 Å². The predicted octanol–water partition coefficient (Wildman–Crippen LogP) is 2.84. The van der Waals surface area contributed by atoms with Gasteiger partial charge < -0.3 is 14.8 Å². The molecular weight excluding hydrogens is 260 g/mol. The summed E-state index contributed by atoms with van der Waals surface area (Å²) in [5, 5.41) is 3.38. The van der Waals surface area contributed by atoms with Crippen molar-refractivity contribution < 1.29 is 9.47 Å². The molecule has 0 radical (unpaired) electrons. The summed E-state index contributed by atoms with van der Waals surface area (Å²) in [6.45, 7) is 4.23. The lowest BCUT2D eigenvalue weighted by molar-refractivity contribution is 0.310. The van der Waals surface area contributed by atoms with Crippen LogP contribution in [0.25, 0.3) is 0 Å². The number of rotatable bonds is 7. The smallest absolute Gasteiger partial charge is 0.161 e. The Morgan fingerprint density at radius 3 is 2.84 bits per heavy atom. The monoisotopic (exact) mass is 278 g/mol. The van der Waals surface area contributed by atoms with Crippen molar-refractivity contribution in [1.82, 2.24) is 10.3 Å². The Balaban J connectivity index is 1.93. The molecule has 4 nitrogen and oxygen atoms in total. The summed E-state index contributed by atoms with van der Waals surface area (Å²) in [4.78, 5) is 5.28. The Morgan fingerprint density at radius 2 is 2.16 bits per heavy atom. The third kappa shape index (κ3) is 3.94. The summed E-state index contributed by atoms with van der Waals surface area (Å²) >= 11 is 1.66. The predicted molar refractivity (Wildman–Crippen MR) is 76.8 cm³/mol. The van der Waals surface area contributed by atoms with Crippen molar-refractivity contribution in [2.24, 2.45) is 0 Å². The Kier molecular flexibility index (Phi) is 5.18. The maximum absolute atomic E-state index is 5.49. The van der Waals surface area contributed by atoms with E-state index in [1.165, 1.54) is 10.4 Å². The molecule has 2 aromatic rings. The molecule has 5 heteroatoms. The van der Waals surface area contributed by atoms with Crippen LogP contribution in [0.2, 0.25) is 0 Å². The van der Waals surface area contributed by atoms with E-state index in [0.29, 0.717) is 6.61 Å². The normalized spacial score (nSPS) is 10.4. The Labute approximate surface area is 117 Å². The van der Waals surface area contributed by atoms with Gasteiger partial charge in [0.1, 0.15) is 0 Å². The maximum Gasteiger partial charge on any atom is 0.161 e. The summed E-state index contributed by atoms with van der Waals surface area (Å²) < 4.78 is 10.8. The molecule has 0 atom stereocenters. The van der Waals surface area contributed by atoms with Crippen LogP contribution in [0.1, 0.15) is 17.4 Å². The zero-order chi connectivity index (χ0) is 13.5. The molecule has 1 aromatic carbocycles. The van der Waals surface area contributed by atoms with Crippen LogP contribution in [0.5, 0.6) is 11.5 Å². The lowest BCUT2D eigenvalue weighted by Gasteiger charge is -2.11. The van der Waals surface area contributed by atoms with E-state index in [-0.39, 0.29) is 0 Å². The maximum atomic E-state index is 5.49. The van der Waals surface area contributed by atoms with Crippen molar-refractivity contribution in [1.29, 1.82) is 0 Å². The van der Waals surface area contributed by atoms with Gasteiger partial charge in [0, 0.05) is 24.2 Å². The van der Waals surface area contributed by atoms with Gasteiger partial charge in [0.05, 0.1) is 19.2 Å². The van der Waals surface area contributed by atoms with Crippen LogP contribution < -0.4 is 14.8 Å². The number of hydrogen-bond acceptors (Lipinski definition) is 5. The molecule has 0 spiro atoms. The van der Waals surface area contributed by atoms with Gasteiger partial charge in [-0.1, -0.05) is 6.07 Å². The molecule has 0 saturated carbocycles. The highest BCUT2D eigenvalue weighted by atomic mass is 32.1. The van der Waals surface area contributed by atoms with Gasteiger partial charge in [0.15, 0.2) is 11.5 Å². The Bertz CT molecular complexity index is 500. The standard InChI is InChI=1S/C14H18N2O2S/c1-3-18-13-5-4-11(6-14(13)17-2)7-15-8-12-9-16-10-19-12/h4-6,9-10,15H,3,7-8H2,1-2H3. The molecule has 0 aliphatic carbocycles. The number of thiazole rings is 1. The fourth-order valence-corrected chi connectivity index (χ4v) is 2.32. The van der Waals surface area contributed by atoms with E-state index >= 15 is 0 Å². The summed E-state index contributed by atoms with van der Waals surface area (Å²) in [6, 6.07) is 6.00. The van der Waals surface area contributed by atoms with Crippen LogP contribution in [0.4, 0.5) is 0 Å². The van der Waals surface area contributed by atoms with Crippen LogP contribution >= 0.6 is 11.3 Å². The lowest BCUT2D eigenvalue weighted by atomic mass is 10.2. The number of aromatic nitrogens is 1. The summed E-state index contributed by atoms with van der Waals surface area (Å²) in [5.41, 5.74) is 3.02. The molecule has 19 heavy (non-hydrogen) atoms. The highest BCUT2D eigenvalue weighted by Crippen LogP contribution is 2.27. The number of nitrogens with zero attached hydrogens (tertiary/aromatic N) is 1. The van der Waals surface area contributed by atoms with E-state index in [0.717, 1.165) is 24.6 Å². The van der Waals surface area contributed by atoms with Gasteiger partial charge in [-0.25, -0.2) is 0 Å². The SMILES string of the molecule is CCOc1ccc(CNCc2cncs2)cc1OC. The second kappa shape index (κ2) is 7.11. The summed E-state index contributed by atoms with van der Waals surface area (Å²) in [7, 11) is 1.66. The molecule has 0 aliphatic rings. The first-order chi connectivity index (χ1) is 9.33. The minimum absolute atomic E-state index is 0.638. The van der Waals surface area contributed by atoms with Crippen LogP contribution in [0, 0.1) is 0 Å². The molecule has 102 valence electrons. The van der Waals surface area contributed by atoms with E-state index in [9.17, 15) is 0 Å². The average Bonchev–Trinajstić information content (AvgIpc) is 2.94. The quantitative estimate of drug-likeness (QED) is 0.846. The summed E-state index contributed by atoms with van der Waals surface area (Å²) in [5.74, 6) is 1.56. The number of ether oxygens (including phenoxy) is 2. The van der Waals surface area contributed by atoms with E-state index in [1.807, 2.05) is 36.8 Å². The summed E-state index contributed by atoms with van der Waals surface area (Å²) in [6.07, 6.45) is 1.89. The topological polar surface area (TPSA) is 43.4 Å². The van der Waals surface area contributed by atoms with Crippen LogP contribution in [0.3, 0.4) is 0 Å². The zero-order valence-electron chi connectivity index (χ0n) is 11.2. The first kappa shape index (κ1) is 13.8. The molecule has 1 N–H and O–H groups in total. The highest BCUT2D eigenvalue weighted by Gasteiger charge is 2.05. The fraction of sp³-hybridized carbons (Fsp3) is 0.357. The fourth-order valence-electron chi connectivity index (χ4n) is 1.76. The molecule has 0 unspecified atom stereocenters. The number of nitrogens with one attached hydrogen (secondary N) is 1. The van der Waals surface area contributed by atoms with Crippen LogP contribution in [0.15, 0.2) is 29.9 Å². The van der Waals surface area contributed by atoms with Crippen LogP contribution in [-0.4, -0.2) is 18.7 Å². The van der Waals surface area contributed by atoms with Crippen molar-refractivity contribution >= 4 is 11.3 Å². The van der Waals surface area contributed by atoms with Crippen molar-refractivity contribution in [2.45, 2.75) is 20.0 Å². The highest BCUT2D eigenvalue weighted by molar-refractivity contribution is 7.09. The van der Waals surface area contributed by atoms with E-state index in [1.54, 1.807) is 18.4 Å². The van der Waals surface area contributed by atoms with E-state index < -0.39 is 0 Å². The Morgan fingerprint density at radius 1 is 1.26 bits per heavy atom. The average molecular weight is 278 g/mol. The number of hydrogen-bond donors (Lipinski definition) is 1. The van der Waals surface area contributed by atoms with Crippen molar-refractivity contribution in [3.8, 4) is 11.5 Å². The van der Waals surface area contributed by atoms with Gasteiger partial charge >= 0.3 is 0 Å². The molecule has 2 rings (SSSR count). The molecule has 0 amide bonds. The lowest BCUT2D eigenvalue weighted by Crippen LogP contribution is -2.11. The van der Waals surface area contributed by atoms with Gasteiger partial charge in [0.25, 0.3) is 0 Å². The Hall–Kier alpha value is -1.59. The third-order valence-corrected chi connectivity index (χ3v) is 3.42. The number of methoxy groups -OCH3 is 1. The molecule has 0 fully saturated rings. The minimum atomic E-state index is 0.638. The minimum Gasteiger partial charge on any atom is -0.493 e.